The second kappa shape index (κ2) is 8.07. The fraction of sp³-hybridized carbons (Fsp3) is 0.160. The Balaban J connectivity index is 1.53. The smallest absolute Gasteiger partial charge is 0.339 e. The van der Waals surface area contributed by atoms with Gasteiger partial charge in [0.2, 0.25) is 0 Å². The van der Waals surface area contributed by atoms with E-state index in [-0.39, 0.29) is 5.56 Å². The summed E-state index contributed by atoms with van der Waals surface area (Å²) in [7, 11) is 0. The Morgan fingerprint density at radius 1 is 0.935 bits per heavy atom. The number of rotatable bonds is 4. The van der Waals surface area contributed by atoms with E-state index in [1.54, 1.807) is 12.1 Å². The molecule has 0 bridgehead atoms. The number of carbonyl (C=O) groups is 2. The lowest BCUT2D eigenvalue weighted by atomic mass is 10.0. The molecule has 0 spiro atoms. The second-order valence-corrected chi connectivity index (χ2v) is 7.62. The second-order valence-electron chi connectivity index (χ2n) is 7.62. The van der Waals surface area contributed by atoms with Crippen LogP contribution in [0.1, 0.15) is 38.2 Å². The lowest BCUT2D eigenvalue weighted by molar-refractivity contribution is -0.119. The third-order valence-electron chi connectivity index (χ3n) is 5.37. The van der Waals surface area contributed by atoms with E-state index < -0.39 is 18.5 Å². The van der Waals surface area contributed by atoms with E-state index in [4.69, 9.17) is 4.74 Å². The summed E-state index contributed by atoms with van der Waals surface area (Å²) >= 11 is 0. The van der Waals surface area contributed by atoms with E-state index in [2.05, 4.69) is 10.5 Å². The Hall–Kier alpha value is -3.93. The van der Waals surface area contributed by atoms with Crippen molar-refractivity contribution in [1.82, 2.24) is 0 Å². The Morgan fingerprint density at radius 2 is 1.58 bits per heavy atom. The van der Waals surface area contributed by atoms with Gasteiger partial charge in [0.15, 0.2) is 6.61 Å². The number of amides is 1. The van der Waals surface area contributed by atoms with Crippen LogP contribution in [0.2, 0.25) is 0 Å². The van der Waals surface area contributed by atoms with Gasteiger partial charge in [0, 0.05) is 16.8 Å². The normalized spacial score (nSPS) is 12.9. The highest BCUT2D eigenvalue weighted by molar-refractivity contribution is 6.27. The number of hydrogen-bond acceptors (Lipinski definition) is 5. The van der Waals surface area contributed by atoms with Gasteiger partial charge in [0.1, 0.15) is 5.71 Å². The average molecular weight is 414 g/mol. The minimum Gasteiger partial charge on any atom is -0.452 e. The third-order valence-corrected chi connectivity index (χ3v) is 5.37. The largest absolute Gasteiger partial charge is 0.452 e. The van der Waals surface area contributed by atoms with Crippen molar-refractivity contribution >= 4 is 23.3 Å². The summed E-state index contributed by atoms with van der Waals surface area (Å²) in [4.78, 5) is 25.2. The molecule has 1 amide bonds. The molecular formula is C25H22N2O4. The fourth-order valence-corrected chi connectivity index (χ4v) is 4.13. The number of oxime groups is 1. The summed E-state index contributed by atoms with van der Waals surface area (Å²) in [5.41, 5.74) is 7.18. The van der Waals surface area contributed by atoms with E-state index in [0.29, 0.717) is 11.3 Å². The van der Waals surface area contributed by atoms with Crippen molar-refractivity contribution in [2.24, 2.45) is 5.16 Å². The molecule has 0 fully saturated rings. The van der Waals surface area contributed by atoms with E-state index >= 15 is 0 Å². The maximum absolute atomic E-state index is 12.8. The maximum Gasteiger partial charge on any atom is 0.339 e. The van der Waals surface area contributed by atoms with Crippen LogP contribution in [0.3, 0.4) is 0 Å². The number of carbonyl (C=O) groups excluding carboxylic acids is 2. The van der Waals surface area contributed by atoms with Crippen LogP contribution in [-0.4, -0.2) is 29.4 Å². The summed E-state index contributed by atoms with van der Waals surface area (Å²) in [5.74, 6) is -1.08. The summed E-state index contributed by atoms with van der Waals surface area (Å²) in [5, 5.41) is 15.8. The molecule has 6 heteroatoms. The van der Waals surface area contributed by atoms with Gasteiger partial charge in [0.25, 0.3) is 5.91 Å². The number of anilines is 1. The van der Waals surface area contributed by atoms with E-state index in [0.717, 1.165) is 39.1 Å². The lowest BCUT2D eigenvalue weighted by Crippen LogP contribution is -2.22. The Morgan fingerprint density at radius 3 is 2.26 bits per heavy atom. The molecule has 0 unspecified atom stereocenters. The first-order valence-corrected chi connectivity index (χ1v) is 9.90. The van der Waals surface area contributed by atoms with Crippen LogP contribution in [-0.2, 0) is 9.53 Å². The van der Waals surface area contributed by atoms with Crippen LogP contribution in [0.4, 0.5) is 5.69 Å². The molecule has 3 aromatic rings. The first-order valence-electron chi connectivity index (χ1n) is 9.90. The van der Waals surface area contributed by atoms with Crippen LogP contribution in [0.15, 0.2) is 59.8 Å². The lowest BCUT2D eigenvalue weighted by Gasteiger charge is -2.13. The number of aryl methyl sites for hydroxylation is 3. The predicted molar refractivity (Wildman–Crippen MR) is 119 cm³/mol. The van der Waals surface area contributed by atoms with E-state index in [9.17, 15) is 14.8 Å². The van der Waals surface area contributed by atoms with Crippen molar-refractivity contribution in [2.45, 2.75) is 20.8 Å². The molecule has 4 rings (SSSR count). The van der Waals surface area contributed by atoms with Gasteiger partial charge in [-0.3, -0.25) is 4.79 Å². The van der Waals surface area contributed by atoms with Gasteiger partial charge in [-0.05, 0) is 49.1 Å². The Bertz CT molecular complexity index is 1220. The van der Waals surface area contributed by atoms with Gasteiger partial charge < -0.3 is 15.3 Å². The highest BCUT2D eigenvalue weighted by Gasteiger charge is 2.30. The van der Waals surface area contributed by atoms with Crippen molar-refractivity contribution < 1.29 is 19.5 Å². The monoisotopic (exact) mass is 414 g/mol. The molecule has 0 heterocycles. The molecule has 0 aromatic heterocycles. The van der Waals surface area contributed by atoms with E-state index in [1.807, 2.05) is 63.2 Å². The van der Waals surface area contributed by atoms with Crippen LogP contribution in [0.25, 0.3) is 11.1 Å². The molecule has 0 atom stereocenters. The fourth-order valence-electron chi connectivity index (χ4n) is 4.13. The first-order chi connectivity index (χ1) is 14.9. The molecule has 0 aliphatic heterocycles. The van der Waals surface area contributed by atoms with Gasteiger partial charge in [0.05, 0.1) is 5.56 Å². The van der Waals surface area contributed by atoms with E-state index in [1.165, 1.54) is 0 Å². The maximum atomic E-state index is 12.8. The number of fused-ring (bicyclic) bond motifs is 3. The zero-order valence-electron chi connectivity index (χ0n) is 17.5. The molecule has 31 heavy (non-hydrogen) atoms. The van der Waals surface area contributed by atoms with Gasteiger partial charge in [-0.15, -0.1) is 0 Å². The number of nitrogens with one attached hydrogen (secondary N) is 1. The molecule has 0 saturated heterocycles. The summed E-state index contributed by atoms with van der Waals surface area (Å²) in [6.45, 7) is 5.41. The minimum atomic E-state index is -0.654. The highest BCUT2D eigenvalue weighted by atomic mass is 16.5. The van der Waals surface area contributed by atoms with Crippen LogP contribution >= 0.6 is 0 Å². The molecular weight excluding hydrogens is 392 g/mol. The molecule has 156 valence electrons. The molecule has 1 aliphatic carbocycles. The van der Waals surface area contributed by atoms with Crippen molar-refractivity contribution in [3.8, 4) is 11.1 Å². The summed E-state index contributed by atoms with van der Waals surface area (Å²) in [6.07, 6.45) is 0. The average Bonchev–Trinajstić information content (AvgIpc) is 3.08. The number of benzene rings is 3. The molecule has 1 aliphatic rings. The molecule has 3 aromatic carbocycles. The third kappa shape index (κ3) is 3.68. The zero-order chi connectivity index (χ0) is 22.1. The molecule has 0 radical (unpaired) electrons. The number of ether oxygens (including phenoxy) is 1. The SMILES string of the molecule is Cc1cc(C)c(NC(=O)COC(=O)c2cccc3c2C(=NO)c2ccccc2-3)c(C)c1. The number of esters is 1. The molecule has 2 N–H and O–H groups in total. The zero-order valence-corrected chi connectivity index (χ0v) is 17.5. The van der Waals surface area contributed by atoms with Gasteiger partial charge in [-0.25, -0.2) is 4.79 Å². The van der Waals surface area contributed by atoms with Gasteiger partial charge in [-0.2, -0.15) is 0 Å². The number of hydrogen-bond donors (Lipinski definition) is 2. The minimum absolute atomic E-state index is 0.247. The summed E-state index contributed by atoms with van der Waals surface area (Å²) in [6, 6.07) is 16.6. The predicted octanol–water partition coefficient (Wildman–Crippen LogP) is 4.61. The number of nitrogens with zero attached hydrogens (tertiary/aromatic N) is 1. The standard InChI is InChI=1S/C25H22N2O4/c1-14-11-15(2)23(16(3)12-14)26-21(28)13-31-25(29)20-10-6-9-18-17-7-4-5-8-19(17)24(27-30)22(18)20/h4-12,30H,13H2,1-3H3,(H,26,28). The van der Waals surface area contributed by atoms with Crippen LogP contribution in [0, 0.1) is 20.8 Å². The van der Waals surface area contributed by atoms with Crippen molar-refractivity contribution in [3.63, 3.8) is 0 Å². The van der Waals surface area contributed by atoms with Crippen molar-refractivity contribution in [3.05, 3.63) is 88.0 Å². The van der Waals surface area contributed by atoms with Crippen molar-refractivity contribution in [2.75, 3.05) is 11.9 Å². The van der Waals surface area contributed by atoms with Crippen LogP contribution < -0.4 is 5.32 Å². The van der Waals surface area contributed by atoms with Gasteiger partial charge in [-0.1, -0.05) is 59.3 Å². The molecule has 0 saturated carbocycles. The first kappa shape index (κ1) is 20.3. The highest BCUT2D eigenvalue weighted by Crippen LogP contribution is 2.38. The van der Waals surface area contributed by atoms with Gasteiger partial charge >= 0.3 is 5.97 Å². The summed E-state index contributed by atoms with van der Waals surface area (Å²) < 4.78 is 5.29. The molecule has 6 nitrogen and oxygen atoms in total. The topological polar surface area (TPSA) is 88.0 Å². The van der Waals surface area contributed by atoms with Crippen LogP contribution in [0.5, 0.6) is 0 Å². The quantitative estimate of drug-likeness (QED) is 0.290. The Labute approximate surface area is 180 Å². The Kier molecular flexibility index (Phi) is 5.29. The van der Waals surface area contributed by atoms with Crippen molar-refractivity contribution in [1.29, 1.82) is 0 Å².